The molecule has 0 aliphatic heterocycles. The molecular formula is C6H2K2O6. The largest absolute Gasteiger partial charge is 0.501 e. The van der Waals surface area contributed by atoms with Crippen molar-refractivity contribution >= 4 is 103 Å². The molecule has 0 amide bonds. The quantitative estimate of drug-likeness (QED) is 0.282. The second-order valence-electron chi connectivity index (χ2n) is 2.01. The van der Waals surface area contributed by atoms with Gasteiger partial charge in [-0.3, -0.25) is 19.2 Å². The van der Waals surface area contributed by atoms with E-state index in [1.807, 2.05) is 0 Å². The van der Waals surface area contributed by atoms with Gasteiger partial charge in [0.05, 0.1) is 0 Å². The normalized spacial score (nSPS) is 8.57. The van der Waals surface area contributed by atoms with Gasteiger partial charge in [0.25, 0.3) is 21.7 Å². The summed E-state index contributed by atoms with van der Waals surface area (Å²) in [5.41, 5.74) is -6.38. The average molecular weight is 248 g/mol. The third-order valence-electron chi connectivity index (χ3n) is 1.27. The molecule has 8 heteroatoms. The summed E-state index contributed by atoms with van der Waals surface area (Å²) in [6.45, 7) is 0. The van der Waals surface area contributed by atoms with E-state index in [2.05, 4.69) is 0 Å². The first kappa shape index (κ1) is 17.7. The van der Waals surface area contributed by atoms with Crippen molar-refractivity contribution in [3.63, 3.8) is 0 Å². The molecule has 0 bridgehead atoms. The Morgan fingerprint density at radius 2 is 0.786 bits per heavy atom. The maximum absolute atomic E-state index is 10.5. The van der Waals surface area contributed by atoms with Crippen molar-refractivity contribution in [2.45, 2.75) is 0 Å². The summed E-state index contributed by atoms with van der Waals surface area (Å²) < 4.78 is 0. The minimum Gasteiger partial charge on any atom is -0.501 e. The monoisotopic (exact) mass is 248 g/mol. The van der Waals surface area contributed by atoms with Crippen LogP contribution in [0.3, 0.4) is 0 Å². The number of phenols is 2. The number of benzene rings is 1. The van der Waals surface area contributed by atoms with E-state index in [1.54, 1.807) is 0 Å². The van der Waals surface area contributed by atoms with Gasteiger partial charge in [-0.1, -0.05) is 0 Å². The zero-order valence-electron chi connectivity index (χ0n) is 7.53. The predicted molar refractivity (Wildman–Crippen MR) is 48.7 cm³/mol. The van der Waals surface area contributed by atoms with E-state index in [9.17, 15) is 19.2 Å². The number of hydrogen-bond acceptors (Lipinski definition) is 6. The molecule has 0 saturated carbocycles. The summed E-state index contributed by atoms with van der Waals surface area (Å²) in [6, 6.07) is 0. The Morgan fingerprint density at radius 1 is 0.571 bits per heavy atom. The molecule has 0 spiro atoms. The molecule has 1 rings (SSSR count). The Morgan fingerprint density at radius 3 is 1.00 bits per heavy atom. The molecule has 0 unspecified atom stereocenters. The number of hydrogen-bond donors (Lipinski definition) is 2. The fourth-order valence-electron chi connectivity index (χ4n) is 0.636. The zero-order valence-corrected chi connectivity index (χ0v) is 13.8. The Hall–Kier alpha value is 1.29. The predicted octanol–water partition coefficient (Wildman–Crippen LogP) is -3.35. The molecule has 1 aromatic rings. The van der Waals surface area contributed by atoms with E-state index in [0.717, 1.165) is 0 Å². The first-order chi connectivity index (χ1) is 5.46. The molecule has 2 radical (unpaired) electrons. The first-order valence-electron chi connectivity index (χ1n) is 2.76. The number of rotatable bonds is 0. The van der Waals surface area contributed by atoms with Crippen LogP contribution in [0.15, 0.2) is 19.2 Å². The van der Waals surface area contributed by atoms with Crippen LogP contribution in [-0.4, -0.2) is 113 Å². The molecule has 1 aromatic carbocycles. The van der Waals surface area contributed by atoms with Crippen molar-refractivity contribution in [3.05, 3.63) is 40.9 Å². The average Bonchev–Trinajstić information content (AvgIpc) is 2.08. The Balaban J connectivity index is 0. The SMILES string of the molecule is O=c1c(O)c(O)c(=O)c(=O)c1=O.[K].[K]. The molecule has 14 heavy (non-hydrogen) atoms. The molecule has 0 saturated heterocycles. The van der Waals surface area contributed by atoms with Gasteiger partial charge in [0.1, 0.15) is 0 Å². The third kappa shape index (κ3) is 3.14. The van der Waals surface area contributed by atoms with Crippen molar-refractivity contribution in [2.24, 2.45) is 0 Å². The van der Waals surface area contributed by atoms with Gasteiger partial charge in [0.2, 0.25) is 11.5 Å². The van der Waals surface area contributed by atoms with E-state index in [4.69, 9.17) is 10.2 Å². The Labute approximate surface area is 162 Å². The van der Waals surface area contributed by atoms with Crippen molar-refractivity contribution in [1.29, 1.82) is 0 Å². The van der Waals surface area contributed by atoms with Crippen LogP contribution in [0.4, 0.5) is 0 Å². The first-order valence-corrected chi connectivity index (χ1v) is 2.76. The van der Waals surface area contributed by atoms with Gasteiger partial charge in [0.15, 0.2) is 0 Å². The van der Waals surface area contributed by atoms with Crippen molar-refractivity contribution < 1.29 is 10.2 Å². The summed E-state index contributed by atoms with van der Waals surface area (Å²) in [5, 5.41) is 17.2. The molecule has 0 fully saturated rings. The van der Waals surface area contributed by atoms with E-state index < -0.39 is 33.2 Å². The molecule has 0 aliphatic carbocycles. The number of aromatic hydroxyl groups is 2. The van der Waals surface area contributed by atoms with Gasteiger partial charge in [-0.05, 0) is 0 Å². The van der Waals surface area contributed by atoms with E-state index >= 15 is 0 Å². The third-order valence-corrected chi connectivity index (χ3v) is 1.27. The van der Waals surface area contributed by atoms with Gasteiger partial charge >= 0.3 is 0 Å². The summed E-state index contributed by atoms with van der Waals surface area (Å²) in [5.74, 6) is -2.74. The van der Waals surface area contributed by atoms with Gasteiger partial charge in [-0.2, -0.15) is 0 Å². The van der Waals surface area contributed by atoms with Crippen molar-refractivity contribution in [3.8, 4) is 11.5 Å². The van der Waals surface area contributed by atoms with Crippen LogP contribution >= 0.6 is 0 Å². The molecule has 6 nitrogen and oxygen atoms in total. The van der Waals surface area contributed by atoms with E-state index in [-0.39, 0.29) is 103 Å². The minimum atomic E-state index is -1.63. The van der Waals surface area contributed by atoms with Gasteiger partial charge < -0.3 is 10.2 Å². The smallest absolute Gasteiger partial charge is 0.281 e. The summed E-state index contributed by atoms with van der Waals surface area (Å²) >= 11 is 0. The summed E-state index contributed by atoms with van der Waals surface area (Å²) in [7, 11) is 0. The maximum Gasteiger partial charge on any atom is 0.281 e. The summed E-state index contributed by atoms with van der Waals surface area (Å²) in [6.07, 6.45) is 0. The molecule has 64 valence electrons. The Bertz CT molecular complexity index is 478. The van der Waals surface area contributed by atoms with E-state index in [1.165, 1.54) is 0 Å². The fraction of sp³-hybridized carbons (Fsp3) is 0. The minimum absolute atomic E-state index is 0. The fourth-order valence-corrected chi connectivity index (χ4v) is 0.636. The van der Waals surface area contributed by atoms with E-state index in [0.29, 0.717) is 0 Å². The molecule has 2 N–H and O–H groups in total. The second kappa shape index (κ2) is 6.79. The van der Waals surface area contributed by atoms with Crippen LogP contribution in [0.1, 0.15) is 0 Å². The second-order valence-corrected chi connectivity index (χ2v) is 2.01. The van der Waals surface area contributed by atoms with Crippen LogP contribution in [0.2, 0.25) is 0 Å². The zero-order chi connectivity index (χ0) is 9.46. The molecule has 0 atom stereocenters. The molecular weight excluding hydrogens is 246 g/mol. The summed E-state index contributed by atoms with van der Waals surface area (Å²) in [4.78, 5) is 41.9. The van der Waals surface area contributed by atoms with Gasteiger partial charge in [-0.25, -0.2) is 0 Å². The van der Waals surface area contributed by atoms with Gasteiger partial charge in [-0.15, -0.1) is 0 Å². The van der Waals surface area contributed by atoms with Crippen LogP contribution in [-0.2, 0) is 0 Å². The van der Waals surface area contributed by atoms with Crippen LogP contribution in [0, 0.1) is 0 Å². The topological polar surface area (TPSA) is 109 Å². The van der Waals surface area contributed by atoms with Crippen LogP contribution in [0.5, 0.6) is 11.5 Å². The molecule has 0 aromatic heterocycles. The Kier molecular flexibility index (Phi) is 8.57. The standard InChI is InChI=1S/C6H2O6.2K/c7-1-2(8)4(10)6(12)5(11)3(1)9;;/h7-8H;;. The maximum atomic E-state index is 10.5. The van der Waals surface area contributed by atoms with Crippen molar-refractivity contribution in [1.82, 2.24) is 0 Å². The van der Waals surface area contributed by atoms with Gasteiger partial charge in [0, 0.05) is 103 Å². The van der Waals surface area contributed by atoms with Crippen LogP contribution < -0.4 is 21.7 Å². The number of phenolic OH excluding ortho intramolecular Hbond substituents is 2. The van der Waals surface area contributed by atoms with Crippen molar-refractivity contribution in [2.75, 3.05) is 0 Å². The van der Waals surface area contributed by atoms with Crippen LogP contribution in [0.25, 0.3) is 0 Å². The molecule has 0 heterocycles. The molecule has 0 aliphatic rings.